The average molecular weight is 272 g/mol. The van der Waals surface area contributed by atoms with E-state index in [1.807, 2.05) is 30.2 Å². The first kappa shape index (κ1) is 12.9. The number of nitrogens with zero attached hydrogens (tertiary/aromatic N) is 2. The van der Waals surface area contributed by atoms with Gasteiger partial charge in [-0.25, -0.2) is 4.39 Å². The minimum atomic E-state index is -0.295. The van der Waals surface area contributed by atoms with Gasteiger partial charge in [0, 0.05) is 25.0 Å². The third-order valence-electron chi connectivity index (χ3n) is 3.91. The fourth-order valence-corrected chi connectivity index (χ4v) is 2.84. The van der Waals surface area contributed by atoms with Crippen molar-refractivity contribution in [1.82, 2.24) is 9.47 Å². The van der Waals surface area contributed by atoms with Crippen molar-refractivity contribution >= 4 is 5.91 Å². The Morgan fingerprint density at radius 1 is 1.30 bits per heavy atom. The molecule has 104 valence electrons. The van der Waals surface area contributed by atoms with E-state index in [4.69, 9.17) is 0 Å². The molecule has 4 heteroatoms. The molecule has 0 N–H and O–H groups in total. The molecule has 1 aliphatic rings. The summed E-state index contributed by atoms with van der Waals surface area (Å²) in [5.41, 5.74) is 1.88. The Morgan fingerprint density at radius 2 is 2.15 bits per heavy atom. The van der Waals surface area contributed by atoms with Crippen LogP contribution in [0.25, 0.3) is 0 Å². The number of amides is 1. The number of halogens is 1. The summed E-state index contributed by atoms with van der Waals surface area (Å²) in [5.74, 6) is -0.244. The van der Waals surface area contributed by atoms with Crippen molar-refractivity contribution < 1.29 is 9.18 Å². The first-order valence-electron chi connectivity index (χ1n) is 6.84. The maximum absolute atomic E-state index is 13.2. The van der Waals surface area contributed by atoms with Gasteiger partial charge in [-0.05, 0) is 36.8 Å². The van der Waals surface area contributed by atoms with E-state index in [9.17, 15) is 9.18 Å². The van der Waals surface area contributed by atoms with Gasteiger partial charge in [-0.15, -0.1) is 0 Å². The zero-order valence-corrected chi connectivity index (χ0v) is 11.4. The molecule has 0 saturated heterocycles. The van der Waals surface area contributed by atoms with Crippen LogP contribution in [0, 0.1) is 5.82 Å². The summed E-state index contributed by atoms with van der Waals surface area (Å²) in [6.07, 6.45) is 2.29. The smallest absolute Gasteiger partial charge is 0.227 e. The maximum Gasteiger partial charge on any atom is 0.227 e. The summed E-state index contributed by atoms with van der Waals surface area (Å²) in [6.45, 7) is 3.56. The van der Waals surface area contributed by atoms with Crippen LogP contribution in [0.4, 0.5) is 4.39 Å². The monoisotopic (exact) mass is 272 g/mol. The van der Waals surface area contributed by atoms with Crippen molar-refractivity contribution in [3.63, 3.8) is 0 Å². The zero-order chi connectivity index (χ0) is 14.1. The molecule has 0 saturated carbocycles. The summed E-state index contributed by atoms with van der Waals surface area (Å²) in [6, 6.07) is 10.4. The number of carbonyl (C=O) groups is 1. The zero-order valence-electron chi connectivity index (χ0n) is 11.4. The second kappa shape index (κ2) is 5.12. The van der Waals surface area contributed by atoms with E-state index in [0.29, 0.717) is 6.54 Å². The van der Waals surface area contributed by atoms with Gasteiger partial charge < -0.3 is 9.47 Å². The number of fused-ring (bicyclic) bond motifs is 1. The van der Waals surface area contributed by atoms with Crippen molar-refractivity contribution in [3.8, 4) is 0 Å². The maximum atomic E-state index is 13.2. The van der Waals surface area contributed by atoms with E-state index in [2.05, 4.69) is 4.57 Å². The van der Waals surface area contributed by atoms with Crippen molar-refractivity contribution in [2.75, 3.05) is 6.54 Å². The summed E-state index contributed by atoms with van der Waals surface area (Å²) < 4.78 is 15.3. The topological polar surface area (TPSA) is 25.2 Å². The lowest BCUT2D eigenvalue weighted by atomic mass is 10.1. The molecule has 0 bridgehead atoms. The van der Waals surface area contributed by atoms with Crippen molar-refractivity contribution in [2.24, 2.45) is 0 Å². The van der Waals surface area contributed by atoms with E-state index in [1.54, 1.807) is 12.1 Å². The van der Waals surface area contributed by atoms with Crippen molar-refractivity contribution in [2.45, 2.75) is 25.9 Å². The van der Waals surface area contributed by atoms with Crippen LogP contribution >= 0.6 is 0 Å². The Hall–Kier alpha value is -2.10. The summed E-state index contributed by atoms with van der Waals surface area (Å²) in [4.78, 5) is 14.3. The van der Waals surface area contributed by atoms with Gasteiger partial charge in [0.2, 0.25) is 5.91 Å². The first-order chi connectivity index (χ1) is 9.65. The summed E-state index contributed by atoms with van der Waals surface area (Å²) in [5, 5.41) is 0. The summed E-state index contributed by atoms with van der Waals surface area (Å²) >= 11 is 0. The highest BCUT2D eigenvalue weighted by Crippen LogP contribution is 2.25. The standard InChI is InChI=1S/C16H17FN2O/c1-12-15-6-3-7-18(15)8-9-19(12)16(20)11-13-4-2-5-14(17)10-13/h2-7,10,12H,8-9,11H2,1H3. The molecule has 1 amide bonds. The normalized spacial score (nSPS) is 17.9. The van der Waals surface area contributed by atoms with Gasteiger partial charge >= 0.3 is 0 Å². The SMILES string of the molecule is CC1c2cccn2CCN1C(=O)Cc1cccc(F)c1. The van der Waals surface area contributed by atoms with E-state index < -0.39 is 0 Å². The molecule has 0 spiro atoms. The van der Waals surface area contributed by atoms with E-state index in [-0.39, 0.29) is 24.2 Å². The van der Waals surface area contributed by atoms with Gasteiger partial charge in [0.15, 0.2) is 0 Å². The van der Waals surface area contributed by atoms with E-state index in [0.717, 1.165) is 17.8 Å². The molecule has 1 unspecified atom stereocenters. The molecule has 0 radical (unpaired) electrons. The highest BCUT2D eigenvalue weighted by molar-refractivity contribution is 5.79. The highest BCUT2D eigenvalue weighted by atomic mass is 19.1. The number of hydrogen-bond acceptors (Lipinski definition) is 1. The van der Waals surface area contributed by atoms with Gasteiger partial charge in [-0.3, -0.25) is 4.79 Å². The number of aromatic nitrogens is 1. The fraction of sp³-hybridized carbons (Fsp3) is 0.312. The van der Waals surface area contributed by atoms with Crippen LogP contribution in [-0.2, 0) is 17.8 Å². The van der Waals surface area contributed by atoms with Crippen LogP contribution < -0.4 is 0 Å². The molecule has 2 aromatic rings. The molecule has 2 heterocycles. The third-order valence-corrected chi connectivity index (χ3v) is 3.91. The van der Waals surface area contributed by atoms with Crippen molar-refractivity contribution in [1.29, 1.82) is 0 Å². The largest absolute Gasteiger partial charge is 0.348 e. The minimum absolute atomic E-state index is 0.0514. The van der Waals surface area contributed by atoms with Gasteiger partial charge in [0.05, 0.1) is 12.5 Å². The van der Waals surface area contributed by atoms with Crippen LogP contribution in [0.2, 0.25) is 0 Å². The van der Waals surface area contributed by atoms with Crippen molar-refractivity contribution in [3.05, 3.63) is 59.7 Å². The second-order valence-corrected chi connectivity index (χ2v) is 5.20. The van der Waals surface area contributed by atoms with Crippen LogP contribution in [0.1, 0.15) is 24.2 Å². The molecule has 1 aromatic carbocycles. The van der Waals surface area contributed by atoms with Crippen LogP contribution in [0.3, 0.4) is 0 Å². The Bertz CT molecular complexity index is 635. The first-order valence-corrected chi connectivity index (χ1v) is 6.84. The number of carbonyl (C=O) groups excluding carboxylic acids is 1. The molecule has 3 nitrogen and oxygen atoms in total. The van der Waals surface area contributed by atoms with Gasteiger partial charge in [0.1, 0.15) is 5.82 Å². The molecular formula is C16H17FN2O. The van der Waals surface area contributed by atoms with Crippen LogP contribution in [0.15, 0.2) is 42.6 Å². The fourth-order valence-electron chi connectivity index (χ4n) is 2.84. The molecule has 3 rings (SSSR count). The molecule has 1 aromatic heterocycles. The Balaban J connectivity index is 1.75. The third kappa shape index (κ3) is 2.33. The molecular weight excluding hydrogens is 255 g/mol. The Labute approximate surface area is 117 Å². The Kier molecular flexibility index (Phi) is 3.30. The van der Waals surface area contributed by atoms with Crippen LogP contribution in [-0.4, -0.2) is 21.9 Å². The van der Waals surface area contributed by atoms with E-state index >= 15 is 0 Å². The Morgan fingerprint density at radius 3 is 2.95 bits per heavy atom. The summed E-state index contributed by atoms with van der Waals surface area (Å²) in [7, 11) is 0. The number of rotatable bonds is 2. The lowest BCUT2D eigenvalue weighted by Gasteiger charge is -2.35. The molecule has 0 fully saturated rings. The predicted molar refractivity (Wildman–Crippen MR) is 74.7 cm³/mol. The number of benzene rings is 1. The lowest BCUT2D eigenvalue weighted by Crippen LogP contribution is -2.41. The molecule has 1 atom stereocenters. The van der Waals surface area contributed by atoms with Gasteiger partial charge in [-0.2, -0.15) is 0 Å². The highest BCUT2D eigenvalue weighted by Gasteiger charge is 2.27. The molecule has 20 heavy (non-hydrogen) atoms. The predicted octanol–water partition coefficient (Wildman–Crippen LogP) is 2.77. The van der Waals surface area contributed by atoms with Crippen LogP contribution in [0.5, 0.6) is 0 Å². The lowest BCUT2D eigenvalue weighted by molar-refractivity contribution is -0.133. The van der Waals surface area contributed by atoms with Gasteiger partial charge in [0.25, 0.3) is 0 Å². The molecule has 1 aliphatic heterocycles. The quantitative estimate of drug-likeness (QED) is 0.825. The second-order valence-electron chi connectivity index (χ2n) is 5.20. The van der Waals surface area contributed by atoms with Gasteiger partial charge in [-0.1, -0.05) is 12.1 Å². The average Bonchev–Trinajstić information content (AvgIpc) is 2.88. The minimum Gasteiger partial charge on any atom is -0.348 e. The molecule has 0 aliphatic carbocycles. The van der Waals surface area contributed by atoms with E-state index in [1.165, 1.54) is 12.1 Å². The number of hydrogen-bond donors (Lipinski definition) is 0.